The third-order valence-corrected chi connectivity index (χ3v) is 5.32. The number of hydrogen-bond acceptors (Lipinski definition) is 8. The van der Waals surface area contributed by atoms with Gasteiger partial charge >= 0.3 is 5.97 Å². The van der Waals surface area contributed by atoms with Gasteiger partial charge in [0.25, 0.3) is 0 Å². The van der Waals surface area contributed by atoms with Crippen molar-refractivity contribution < 1.29 is 35.1 Å². The van der Waals surface area contributed by atoms with Gasteiger partial charge in [-0.3, -0.25) is 4.79 Å². The average Bonchev–Trinajstić information content (AvgIpc) is 3.09. The highest BCUT2D eigenvalue weighted by Gasteiger charge is 2.30. The van der Waals surface area contributed by atoms with Crippen LogP contribution in [0.2, 0.25) is 0 Å². The smallest absolute Gasteiger partial charge is 0.319 e. The molecule has 0 radical (unpaired) electrons. The molecule has 3 rings (SSSR count). The molecule has 0 bridgehead atoms. The van der Waals surface area contributed by atoms with Gasteiger partial charge in [-0.2, -0.15) is 0 Å². The molecule has 162 valence electrons. The van der Waals surface area contributed by atoms with E-state index in [0.29, 0.717) is 0 Å². The molecule has 0 fully saturated rings. The van der Waals surface area contributed by atoms with Crippen LogP contribution in [0.1, 0.15) is 17.0 Å². The van der Waals surface area contributed by atoms with Gasteiger partial charge in [0.05, 0.1) is 19.3 Å². The molecule has 2 aromatic rings. The van der Waals surface area contributed by atoms with E-state index in [1.54, 1.807) is 0 Å². The van der Waals surface area contributed by atoms with Crippen LogP contribution in [0.3, 0.4) is 0 Å². The number of carbonyl (C=O) groups excluding carboxylic acids is 1. The first-order chi connectivity index (χ1) is 14.4. The summed E-state index contributed by atoms with van der Waals surface area (Å²) in [5, 5.41) is 49.9. The van der Waals surface area contributed by atoms with Crippen LogP contribution in [-0.4, -0.2) is 82.2 Å². The van der Waals surface area contributed by atoms with Crippen LogP contribution in [0.5, 0.6) is 0 Å². The number of esters is 1. The minimum Gasteiger partial charge on any atom is -0.464 e. The SMILES string of the molecule is O=C(CNC[C@H](O)[C@@H](O)[C@H](O)[C@H](O)CO)OCC1c2ccccc2-c2ccccc21. The van der Waals surface area contributed by atoms with Crippen LogP contribution in [-0.2, 0) is 9.53 Å². The van der Waals surface area contributed by atoms with Crippen molar-refractivity contribution in [3.05, 3.63) is 59.7 Å². The van der Waals surface area contributed by atoms with E-state index in [-0.39, 0.29) is 25.6 Å². The number of rotatable bonds is 10. The van der Waals surface area contributed by atoms with Crippen LogP contribution >= 0.6 is 0 Å². The van der Waals surface area contributed by atoms with Crippen molar-refractivity contribution in [2.75, 3.05) is 26.3 Å². The largest absolute Gasteiger partial charge is 0.464 e. The molecule has 0 heterocycles. The third kappa shape index (κ3) is 4.86. The molecule has 8 heteroatoms. The van der Waals surface area contributed by atoms with Crippen molar-refractivity contribution in [3.8, 4) is 11.1 Å². The Kier molecular flexibility index (Phi) is 7.54. The summed E-state index contributed by atoms with van der Waals surface area (Å²) >= 11 is 0. The second-order valence-electron chi connectivity index (χ2n) is 7.34. The summed E-state index contributed by atoms with van der Waals surface area (Å²) in [5.41, 5.74) is 4.48. The predicted octanol–water partition coefficient (Wildman–Crippen LogP) is -0.632. The van der Waals surface area contributed by atoms with E-state index in [9.17, 15) is 25.2 Å². The van der Waals surface area contributed by atoms with Gasteiger partial charge in [-0.15, -0.1) is 0 Å². The predicted molar refractivity (Wildman–Crippen MR) is 109 cm³/mol. The van der Waals surface area contributed by atoms with Crippen LogP contribution < -0.4 is 5.32 Å². The van der Waals surface area contributed by atoms with Gasteiger partial charge in [-0.1, -0.05) is 48.5 Å². The molecule has 0 aliphatic heterocycles. The highest BCUT2D eigenvalue weighted by Crippen LogP contribution is 2.44. The van der Waals surface area contributed by atoms with Gasteiger partial charge in [-0.05, 0) is 22.3 Å². The Bertz CT molecular complexity index is 813. The topological polar surface area (TPSA) is 139 Å². The van der Waals surface area contributed by atoms with Gasteiger partial charge in [-0.25, -0.2) is 0 Å². The lowest BCUT2D eigenvalue weighted by atomic mass is 9.98. The number of ether oxygens (including phenoxy) is 1. The van der Waals surface area contributed by atoms with Crippen molar-refractivity contribution in [2.24, 2.45) is 0 Å². The van der Waals surface area contributed by atoms with Gasteiger partial charge in [0.15, 0.2) is 0 Å². The normalized spacial score (nSPS) is 17.0. The van der Waals surface area contributed by atoms with Gasteiger partial charge in [0, 0.05) is 12.5 Å². The lowest BCUT2D eigenvalue weighted by Crippen LogP contribution is -2.49. The fourth-order valence-electron chi connectivity index (χ4n) is 3.67. The molecule has 0 amide bonds. The van der Waals surface area contributed by atoms with Gasteiger partial charge in [0.2, 0.25) is 0 Å². The minimum atomic E-state index is -1.71. The lowest BCUT2D eigenvalue weighted by Gasteiger charge is -2.25. The number of benzene rings is 2. The molecular weight excluding hydrogens is 390 g/mol. The van der Waals surface area contributed by atoms with E-state index in [1.807, 2.05) is 48.5 Å². The number of nitrogens with one attached hydrogen (secondary N) is 1. The number of hydrogen-bond donors (Lipinski definition) is 6. The van der Waals surface area contributed by atoms with Crippen molar-refractivity contribution >= 4 is 5.97 Å². The monoisotopic (exact) mass is 417 g/mol. The first-order valence-corrected chi connectivity index (χ1v) is 9.81. The maximum atomic E-state index is 12.1. The maximum absolute atomic E-state index is 12.1. The van der Waals surface area contributed by atoms with Crippen molar-refractivity contribution in [3.63, 3.8) is 0 Å². The summed E-state index contributed by atoms with van der Waals surface area (Å²) in [6, 6.07) is 16.0. The van der Waals surface area contributed by atoms with Crippen LogP contribution in [0, 0.1) is 0 Å². The third-order valence-electron chi connectivity index (χ3n) is 5.32. The van der Waals surface area contributed by atoms with E-state index in [2.05, 4.69) is 5.32 Å². The number of carbonyl (C=O) groups is 1. The Balaban J connectivity index is 1.49. The van der Waals surface area contributed by atoms with Crippen LogP contribution in [0.15, 0.2) is 48.5 Å². The minimum absolute atomic E-state index is 0.0520. The summed E-state index contributed by atoms with van der Waals surface area (Å²) in [5.74, 6) is -0.571. The van der Waals surface area contributed by atoms with Crippen LogP contribution in [0.4, 0.5) is 0 Å². The summed E-state index contributed by atoms with van der Waals surface area (Å²) < 4.78 is 5.42. The maximum Gasteiger partial charge on any atom is 0.319 e. The zero-order chi connectivity index (χ0) is 21.7. The van der Waals surface area contributed by atoms with E-state index >= 15 is 0 Å². The van der Waals surface area contributed by atoms with Crippen LogP contribution in [0.25, 0.3) is 11.1 Å². The van der Waals surface area contributed by atoms with E-state index in [4.69, 9.17) is 9.84 Å². The van der Waals surface area contributed by atoms with Crippen molar-refractivity contribution in [1.82, 2.24) is 5.32 Å². The van der Waals surface area contributed by atoms with Crippen molar-refractivity contribution in [2.45, 2.75) is 30.3 Å². The number of aliphatic hydroxyl groups excluding tert-OH is 5. The summed E-state index contributed by atoms with van der Waals surface area (Å²) in [6.45, 7) is -0.974. The first kappa shape index (κ1) is 22.4. The number of fused-ring (bicyclic) bond motifs is 3. The summed E-state index contributed by atoms with van der Waals surface area (Å²) in [7, 11) is 0. The quantitative estimate of drug-likeness (QED) is 0.281. The Hall–Kier alpha value is -2.33. The Morgan fingerprint density at radius 3 is 2.00 bits per heavy atom. The molecule has 0 saturated heterocycles. The second kappa shape index (κ2) is 10.1. The molecule has 0 saturated carbocycles. The molecule has 0 unspecified atom stereocenters. The fraction of sp³-hybridized carbons (Fsp3) is 0.409. The molecule has 4 atom stereocenters. The Morgan fingerprint density at radius 2 is 1.43 bits per heavy atom. The van der Waals surface area contributed by atoms with E-state index in [0.717, 1.165) is 22.3 Å². The van der Waals surface area contributed by atoms with E-state index < -0.39 is 37.0 Å². The average molecular weight is 417 g/mol. The standard InChI is InChI=1S/C22H27NO7/c24-11-19(26)22(29)21(28)18(25)9-23-10-20(27)30-12-17-15-7-3-1-5-13(15)14-6-2-4-8-16(14)17/h1-8,17-19,21-26,28-29H,9-12H2/t18-,19+,21+,22+/m0/s1. The molecule has 0 aromatic heterocycles. The Labute approximate surface area is 174 Å². The molecular formula is C22H27NO7. The van der Waals surface area contributed by atoms with Gasteiger partial charge in [0.1, 0.15) is 24.9 Å². The molecule has 1 aliphatic carbocycles. The molecule has 0 spiro atoms. The molecule has 8 nitrogen and oxygen atoms in total. The zero-order valence-corrected chi connectivity index (χ0v) is 16.4. The lowest BCUT2D eigenvalue weighted by molar-refractivity contribution is -0.143. The number of aliphatic hydroxyl groups is 5. The highest BCUT2D eigenvalue weighted by atomic mass is 16.5. The molecule has 6 N–H and O–H groups in total. The molecule has 30 heavy (non-hydrogen) atoms. The molecule has 1 aliphatic rings. The summed E-state index contributed by atoms with van der Waals surface area (Å²) in [4.78, 5) is 12.1. The zero-order valence-electron chi connectivity index (χ0n) is 16.4. The first-order valence-electron chi connectivity index (χ1n) is 9.81. The Morgan fingerprint density at radius 1 is 0.900 bits per heavy atom. The highest BCUT2D eigenvalue weighted by molar-refractivity contribution is 5.79. The van der Waals surface area contributed by atoms with E-state index in [1.165, 1.54) is 0 Å². The van der Waals surface area contributed by atoms with Crippen molar-refractivity contribution in [1.29, 1.82) is 0 Å². The fourth-order valence-corrected chi connectivity index (χ4v) is 3.67. The second-order valence-corrected chi connectivity index (χ2v) is 7.34. The molecule has 2 aromatic carbocycles. The summed E-state index contributed by atoms with van der Waals surface area (Å²) in [6.07, 6.45) is -6.40. The van der Waals surface area contributed by atoms with Gasteiger partial charge < -0.3 is 35.6 Å².